The van der Waals surface area contributed by atoms with Gasteiger partial charge in [-0.25, -0.2) is 0 Å². The van der Waals surface area contributed by atoms with Crippen molar-refractivity contribution < 1.29 is 0 Å². The summed E-state index contributed by atoms with van der Waals surface area (Å²) in [6, 6.07) is 44.6. The van der Waals surface area contributed by atoms with E-state index in [0.717, 1.165) is 0 Å². The minimum Gasteiger partial charge on any atom is -0.114 e. The summed E-state index contributed by atoms with van der Waals surface area (Å²) in [6.07, 6.45) is 2.39. The summed E-state index contributed by atoms with van der Waals surface area (Å²) >= 11 is 0. The highest BCUT2D eigenvalue weighted by Gasteiger charge is 2.34. The average Bonchev–Trinajstić information content (AvgIpc) is 3.25. The fourth-order valence-electron chi connectivity index (χ4n) is 4.47. The van der Waals surface area contributed by atoms with Crippen LogP contribution in [0.2, 0.25) is 0 Å². The molecule has 0 aromatic heterocycles. The van der Waals surface area contributed by atoms with E-state index in [4.69, 9.17) is 0 Å². The molecule has 0 nitrogen and oxygen atoms in total. The first kappa shape index (κ1) is 18.5. The van der Waals surface area contributed by atoms with Crippen LogP contribution in [0.25, 0.3) is 0 Å². The van der Waals surface area contributed by atoms with Crippen LogP contribution >= 0.6 is 13.8 Å². The molecule has 0 radical (unpaired) electrons. The van der Waals surface area contributed by atoms with Crippen molar-refractivity contribution in [1.29, 1.82) is 0 Å². The Hall–Kier alpha value is -2.48. The quantitative estimate of drug-likeness (QED) is 0.417. The Kier molecular flexibility index (Phi) is 4.95. The Morgan fingerprint density at radius 3 is 0.862 bits per heavy atom. The summed E-state index contributed by atoms with van der Waals surface area (Å²) < 4.78 is 0. The first-order valence-electron chi connectivity index (χ1n) is 10.1. The van der Waals surface area contributed by atoms with Gasteiger partial charge in [0.25, 0.3) is 0 Å². The molecule has 0 aliphatic carbocycles. The van der Waals surface area contributed by atoms with Crippen molar-refractivity contribution in [2.24, 2.45) is 0 Å². The van der Waals surface area contributed by atoms with E-state index in [9.17, 15) is 0 Å². The smallest absolute Gasteiger partial charge is 0.00980 e. The van der Waals surface area contributed by atoms with E-state index in [1.54, 1.807) is 0 Å². The van der Waals surface area contributed by atoms with Gasteiger partial charge in [-0.05, 0) is 47.3 Å². The molecular formula is C27H24P2. The normalized spacial score (nSPS) is 16.6. The minimum atomic E-state index is -1.70. The fourth-order valence-corrected chi connectivity index (χ4v) is 16.2. The molecular weight excluding hydrogens is 386 g/mol. The van der Waals surface area contributed by atoms with Crippen LogP contribution in [0.4, 0.5) is 0 Å². The summed E-state index contributed by atoms with van der Waals surface area (Å²) in [5, 5.41) is 10.2. The molecule has 0 atom stereocenters. The Morgan fingerprint density at radius 1 is 0.379 bits per heavy atom. The lowest BCUT2D eigenvalue weighted by atomic mass is 10.4. The average molecular weight is 410 g/mol. The molecule has 4 aromatic carbocycles. The molecule has 0 saturated heterocycles. The van der Waals surface area contributed by atoms with Crippen molar-refractivity contribution in [2.45, 2.75) is 0 Å². The maximum Gasteiger partial charge on any atom is -0.00980 e. The zero-order chi connectivity index (χ0) is 19.6. The second-order valence-electron chi connectivity index (χ2n) is 7.51. The van der Waals surface area contributed by atoms with Crippen molar-refractivity contribution in [3.8, 4) is 0 Å². The van der Waals surface area contributed by atoms with Gasteiger partial charge < -0.3 is 0 Å². The Morgan fingerprint density at radius 2 is 0.621 bits per heavy atom. The summed E-state index contributed by atoms with van der Waals surface area (Å²) in [6.45, 7) is -3.41. The third-order valence-electron chi connectivity index (χ3n) is 5.90. The molecule has 0 spiro atoms. The SMILES string of the molecule is C1=P(c2ccccc2)(c2ccccc2)CCP=1(c1ccccc1)c1ccccc1. The Balaban J connectivity index is 1.97. The van der Waals surface area contributed by atoms with Gasteiger partial charge in [0.1, 0.15) is 0 Å². The van der Waals surface area contributed by atoms with Crippen molar-refractivity contribution in [3.05, 3.63) is 121 Å². The highest BCUT2D eigenvalue weighted by atomic mass is 31.2. The first-order valence-corrected chi connectivity index (χ1v) is 14.1. The standard InChI is InChI=1S/C27H24P2/c1-5-13-24(14-6-1)28(25-15-7-2-8-16-25)21-22-29(23-28,26-17-9-3-10-18-26)27-19-11-4-12-20-27/h1-20H,21-22H2. The van der Waals surface area contributed by atoms with E-state index in [0.29, 0.717) is 0 Å². The van der Waals surface area contributed by atoms with E-state index in [2.05, 4.69) is 126 Å². The number of hydrogen-bond donors (Lipinski definition) is 0. The lowest BCUT2D eigenvalue weighted by molar-refractivity contribution is 1.51. The molecule has 4 aromatic rings. The molecule has 5 rings (SSSR count). The van der Waals surface area contributed by atoms with Crippen LogP contribution < -0.4 is 21.2 Å². The zero-order valence-electron chi connectivity index (χ0n) is 16.4. The molecule has 2 heteroatoms. The van der Waals surface area contributed by atoms with Gasteiger partial charge in [0.05, 0.1) is 0 Å². The summed E-state index contributed by atoms with van der Waals surface area (Å²) in [7, 11) is 0. The van der Waals surface area contributed by atoms with Crippen molar-refractivity contribution in [3.63, 3.8) is 0 Å². The third kappa shape index (κ3) is 3.19. The Labute approximate surface area is 173 Å². The largest absolute Gasteiger partial charge is 0.114 e. The maximum atomic E-state index is 4.41. The summed E-state index contributed by atoms with van der Waals surface area (Å²) in [5.41, 5.74) is 0. The van der Waals surface area contributed by atoms with E-state index < -0.39 is 13.8 Å². The van der Waals surface area contributed by atoms with Crippen LogP contribution in [0.15, 0.2) is 121 Å². The van der Waals surface area contributed by atoms with Gasteiger partial charge >= 0.3 is 0 Å². The van der Waals surface area contributed by atoms with Crippen LogP contribution in [-0.4, -0.2) is 17.5 Å². The molecule has 29 heavy (non-hydrogen) atoms. The second-order valence-corrected chi connectivity index (χ2v) is 14.5. The van der Waals surface area contributed by atoms with Gasteiger partial charge in [-0.15, -0.1) is 5.17 Å². The van der Waals surface area contributed by atoms with Gasteiger partial charge in [0.2, 0.25) is 0 Å². The second kappa shape index (κ2) is 7.74. The summed E-state index contributed by atoms with van der Waals surface area (Å²) in [4.78, 5) is 0. The monoisotopic (exact) mass is 410 g/mol. The van der Waals surface area contributed by atoms with Crippen molar-refractivity contribution in [2.75, 3.05) is 12.3 Å². The van der Waals surface area contributed by atoms with Crippen LogP contribution in [0.3, 0.4) is 0 Å². The highest BCUT2D eigenvalue weighted by molar-refractivity contribution is 8.03. The molecule has 1 aliphatic heterocycles. The molecule has 142 valence electrons. The van der Waals surface area contributed by atoms with E-state index in [1.807, 2.05) is 0 Å². The van der Waals surface area contributed by atoms with Crippen molar-refractivity contribution >= 4 is 40.2 Å². The van der Waals surface area contributed by atoms with E-state index >= 15 is 0 Å². The number of benzene rings is 4. The molecule has 0 amide bonds. The number of rotatable bonds is 4. The molecule has 0 bridgehead atoms. The molecule has 0 fully saturated rings. The molecule has 0 N–H and O–H groups in total. The zero-order valence-corrected chi connectivity index (χ0v) is 18.1. The van der Waals surface area contributed by atoms with E-state index in [-0.39, 0.29) is 0 Å². The third-order valence-corrected chi connectivity index (χ3v) is 15.5. The summed E-state index contributed by atoms with van der Waals surface area (Å²) in [5.74, 6) is 0. The van der Waals surface area contributed by atoms with Gasteiger partial charge in [0, 0.05) is 0 Å². The lowest BCUT2D eigenvalue weighted by Crippen LogP contribution is -2.19. The van der Waals surface area contributed by atoms with Crippen LogP contribution in [0, 0.1) is 0 Å². The lowest BCUT2D eigenvalue weighted by Gasteiger charge is -2.22. The molecule has 0 unspecified atom stereocenters. The van der Waals surface area contributed by atoms with Crippen LogP contribution in [-0.2, 0) is 0 Å². The van der Waals surface area contributed by atoms with Crippen LogP contribution in [0.5, 0.6) is 0 Å². The van der Waals surface area contributed by atoms with Gasteiger partial charge in [-0.2, -0.15) is 0 Å². The van der Waals surface area contributed by atoms with Gasteiger partial charge in [0.15, 0.2) is 0 Å². The number of hydrogen-bond acceptors (Lipinski definition) is 0. The molecule has 1 aliphatic rings. The molecule has 0 saturated carbocycles. The topological polar surface area (TPSA) is 0 Å². The highest BCUT2D eigenvalue weighted by Crippen LogP contribution is 2.59. The molecule has 1 heterocycles. The predicted molar refractivity (Wildman–Crippen MR) is 133 cm³/mol. The van der Waals surface area contributed by atoms with Crippen molar-refractivity contribution in [1.82, 2.24) is 0 Å². The van der Waals surface area contributed by atoms with E-state index in [1.165, 1.54) is 33.5 Å². The van der Waals surface area contributed by atoms with Gasteiger partial charge in [-0.1, -0.05) is 121 Å². The Bertz CT molecular complexity index is 1040. The maximum absolute atomic E-state index is 4.41. The first-order chi connectivity index (χ1) is 14.3. The fraction of sp³-hybridized carbons (Fsp3) is 0.0741. The van der Waals surface area contributed by atoms with Crippen LogP contribution in [0.1, 0.15) is 0 Å². The minimum absolute atomic E-state index is 1.19. The van der Waals surface area contributed by atoms with Gasteiger partial charge in [-0.3, -0.25) is 0 Å². The predicted octanol–water partition coefficient (Wildman–Crippen LogP) is 4.97.